The molecule has 0 aromatic carbocycles. The summed E-state index contributed by atoms with van der Waals surface area (Å²) in [5, 5.41) is 0.496. The van der Waals surface area contributed by atoms with Crippen LogP contribution in [0, 0.1) is 0 Å². The topological polar surface area (TPSA) is 25.8 Å². The Morgan fingerprint density at radius 1 is 1.50 bits per heavy atom. The number of aryl methyl sites for hydroxylation is 1. The summed E-state index contributed by atoms with van der Waals surface area (Å²) < 4.78 is 0. The van der Waals surface area contributed by atoms with E-state index in [9.17, 15) is 0 Å². The molecule has 0 amide bonds. The zero-order valence-electron chi connectivity index (χ0n) is 5.22. The van der Waals surface area contributed by atoms with Gasteiger partial charge in [0.2, 0.25) is 0 Å². The van der Waals surface area contributed by atoms with Crippen molar-refractivity contribution in [1.82, 2.24) is 9.97 Å². The lowest BCUT2D eigenvalue weighted by Gasteiger charge is -1.96. The van der Waals surface area contributed by atoms with Gasteiger partial charge in [-0.1, -0.05) is 11.6 Å². The van der Waals surface area contributed by atoms with Crippen molar-refractivity contribution in [3.05, 3.63) is 23.2 Å². The third-order valence-electron chi connectivity index (χ3n) is 1.10. The second-order valence-corrected chi connectivity index (χ2v) is 2.51. The van der Waals surface area contributed by atoms with Crippen molar-refractivity contribution < 1.29 is 0 Å². The fraction of sp³-hybridized carbons (Fsp3) is 0.333. The second-order valence-electron chi connectivity index (χ2n) is 1.78. The molecule has 0 atom stereocenters. The maximum atomic E-state index is 5.69. The maximum Gasteiger partial charge on any atom is 0.135 e. The van der Waals surface area contributed by atoms with Crippen LogP contribution in [0.4, 0.5) is 0 Å². The van der Waals surface area contributed by atoms with Gasteiger partial charge in [-0.05, 0) is 6.42 Å². The molecule has 0 spiro atoms. The molecule has 0 bridgehead atoms. The van der Waals surface area contributed by atoms with Gasteiger partial charge in [-0.25, -0.2) is 9.97 Å². The summed E-state index contributed by atoms with van der Waals surface area (Å²) in [6.07, 6.45) is 3.82. The number of rotatable bonds is 2. The van der Waals surface area contributed by atoms with Crippen LogP contribution < -0.4 is 0 Å². The summed E-state index contributed by atoms with van der Waals surface area (Å²) in [7, 11) is 0. The molecule has 0 N–H and O–H groups in total. The van der Waals surface area contributed by atoms with Gasteiger partial charge < -0.3 is 0 Å². The summed E-state index contributed by atoms with van der Waals surface area (Å²) in [4.78, 5) is 7.60. The van der Waals surface area contributed by atoms with Gasteiger partial charge in [-0.3, -0.25) is 0 Å². The standard InChI is InChI=1S/C6H6Cl2N2/c7-2-1-5-3-9-4-10-6(5)8/h3-4H,1-2H2. The third-order valence-corrected chi connectivity index (χ3v) is 1.63. The summed E-state index contributed by atoms with van der Waals surface area (Å²) in [6.45, 7) is 0. The lowest BCUT2D eigenvalue weighted by Crippen LogP contribution is -1.90. The van der Waals surface area contributed by atoms with Gasteiger partial charge in [0.15, 0.2) is 0 Å². The van der Waals surface area contributed by atoms with E-state index in [0.717, 1.165) is 12.0 Å². The van der Waals surface area contributed by atoms with E-state index in [1.54, 1.807) is 6.20 Å². The van der Waals surface area contributed by atoms with Crippen LogP contribution in [-0.4, -0.2) is 15.8 Å². The maximum absolute atomic E-state index is 5.69. The first-order valence-corrected chi connectivity index (χ1v) is 3.76. The highest BCUT2D eigenvalue weighted by atomic mass is 35.5. The fourth-order valence-corrected chi connectivity index (χ4v) is 1.00. The Morgan fingerprint density at radius 2 is 2.30 bits per heavy atom. The molecular weight excluding hydrogens is 171 g/mol. The van der Waals surface area contributed by atoms with Crippen LogP contribution in [-0.2, 0) is 6.42 Å². The molecule has 0 unspecified atom stereocenters. The summed E-state index contributed by atoms with van der Waals surface area (Å²) in [6, 6.07) is 0. The molecule has 4 heteroatoms. The summed E-state index contributed by atoms with van der Waals surface area (Å²) >= 11 is 11.2. The molecule has 0 saturated carbocycles. The average Bonchev–Trinajstić information content (AvgIpc) is 1.94. The Balaban J connectivity index is 2.81. The highest BCUT2D eigenvalue weighted by molar-refractivity contribution is 6.30. The van der Waals surface area contributed by atoms with Crippen LogP contribution >= 0.6 is 23.2 Å². The van der Waals surface area contributed by atoms with E-state index in [1.165, 1.54) is 6.33 Å². The van der Waals surface area contributed by atoms with Crippen LogP contribution in [0.3, 0.4) is 0 Å². The van der Waals surface area contributed by atoms with Crippen LogP contribution in [0.2, 0.25) is 5.15 Å². The molecule has 0 saturated heterocycles. The van der Waals surface area contributed by atoms with Crippen molar-refractivity contribution >= 4 is 23.2 Å². The number of halogens is 2. The lowest BCUT2D eigenvalue weighted by atomic mass is 10.3. The quantitative estimate of drug-likeness (QED) is 0.509. The molecule has 1 heterocycles. The molecule has 10 heavy (non-hydrogen) atoms. The predicted molar refractivity (Wildman–Crippen MR) is 41.5 cm³/mol. The molecule has 0 fully saturated rings. The molecule has 0 radical (unpaired) electrons. The molecule has 0 aliphatic carbocycles. The van der Waals surface area contributed by atoms with E-state index in [4.69, 9.17) is 23.2 Å². The van der Waals surface area contributed by atoms with E-state index in [2.05, 4.69) is 9.97 Å². The molecule has 1 aromatic heterocycles. The molecule has 0 aliphatic rings. The summed E-state index contributed by atoms with van der Waals surface area (Å²) in [5.41, 5.74) is 0.902. The van der Waals surface area contributed by atoms with E-state index >= 15 is 0 Å². The van der Waals surface area contributed by atoms with Crippen LogP contribution in [0.1, 0.15) is 5.56 Å². The van der Waals surface area contributed by atoms with Crippen molar-refractivity contribution in [3.63, 3.8) is 0 Å². The minimum Gasteiger partial charge on any atom is -0.244 e. The molecule has 2 nitrogen and oxygen atoms in total. The Morgan fingerprint density at radius 3 is 2.90 bits per heavy atom. The van der Waals surface area contributed by atoms with Crippen LogP contribution in [0.5, 0.6) is 0 Å². The van der Waals surface area contributed by atoms with Crippen molar-refractivity contribution in [1.29, 1.82) is 0 Å². The molecule has 1 aromatic rings. The van der Waals surface area contributed by atoms with Gasteiger partial charge in [0.1, 0.15) is 11.5 Å². The smallest absolute Gasteiger partial charge is 0.135 e. The number of nitrogens with zero attached hydrogens (tertiary/aromatic N) is 2. The minimum absolute atomic E-state index is 0.496. The summed E-state index contributed by atoms with van der Waals surface area (Å²) in [5.74, 6) is 0.549. The first-order chi connectivity index (χ1) is 4.84. The predicted octanol–water partition coefficient (Wildman–Crippen LogP) is 1.91. The second kappa shape index (κ2) is 3.74. The van der Waals surface area contributed by atoms with Gasteiger partial charge >= 0.3 is 0 Å². The first kappa shape index (κ1) is 7.76. The van der Waals surface area contributed by atoms with Crippen molar-refractivity contribution in [2.75, 3.05) is 5.88 Å². The normalized spacial score (nSPS) is 9.80. The van der Waals surface area contributed by atoms with Crippen LogP contribution in [0.25, 0.3) is 0 Å². The number of alkyl halides is 1. The molecule has 1 rings (SSSR count). The lowest BCUT2D eigenvalue weighted by molar-refractivity contribution is 1.05. The zero-order chi connectivity index (χ0) is 7.40. The van der Waals surface area contributed by atoms with E-state index < -0.39 is 0 Å². The van der Waals surface area contributed by atoms with Gasteiger partial charge in [0.05, 0.1) is 0 Å². The highest BCUT2D eigenvalue weighted by Crippen LogP contribution is 2.10. The van der Waals surface area contributed by atoms with Gasteiger partial charge in [-0.2, -0.15) is 0 Å². The zero-order valence-corrected chi connectivity index (χ0v) is 6.73. The van der Waals surface area contributed by atoms with Crippen molar-refractivity contribution in [2.24, 2.45) is 0 Å². The fourth-order valence-electron chi connectivity index (χ4n) is 0.613. The molecule has 0 aliphatic heterocycles. The largest absolute Gasteiger partial charge is 0.244 e. The Bertz CT molecular complexity index is 215. The van der Waals surface area contributed by atoms with E-state index in [-0.39, 0.29) is 0 Å². The number of hydrogen-bond donors (Lipinski definition) is 0. The Labute approximate surface area is 69.2 Å². The SMILES string of the molecule is ClCCc1cncnc1Cl. The van der Waals surface area contributed by atoms with Gasteiger partial charge in [0.25, 0.3) is 0 Å². The molecular formula is C6H6Cl2N2. The number of aromatic nitrogens is 2. The van der Waals surface area contributed by atoms with Crippen molar-refractivity contribution in [2.45, 2.75) is 6.42 Å². The van der Waals surface area contributed by atoms with Gasteiger partial charge in [-0.15, -0.1) is 11.6 Å². The monoisotopic (exact) mass is 176 g/mol. The third kappa shape index (κ3) is 1.82. The van der Waals surface area contributed by atoms with E-state index in [1.807, 2.05) is 0 Å². The van der Waals surface area contributed by atoms with Gasteiger partial charge in [0, 0.05) is 17.6 Å². The first-order valence-electron chi connectivity index (χ1n) is 2.85. The Kier molecular flexibility index (Phi) is 2.90. The van der Waals surface area contributed by atoms with E-state index in [0.29, 0.717) is 11.0 Å². The van der Waals surface area contributed by atoms with Crippen molar-refractivity contribution in [3.8, 4) is 0 Å². The highest BCUT2D eigenvalue weighted by Gasteiger charge is 1.97. The number of hydrogen-bond acceptors (Lipinski definition) is 2. The average molecular weight is 177 g/mol. The Hall–Kier alpha value is -0.340. The minimum atomic E-state index is 0.496. The van der Waals surface area contributed by atoms with Crippen LogP contribution in [0.15, 0.2) is 12.5 Å². The molecule has 54 valence electrons.